The lowest BCUT2D eigenvalue weighted by Crippen LogP contribution is -2.29. The molecule has 0 radical (unpaired) electrons. The number of carbonyl (C=O) groups excluding carboxylic acids is 1. The first kappa shape index (κ1) is 13.8. The van der Waals surface area contributed by atoms with Crippen LogP contribution in [-0.2, 0) is 10.2 Å². The molecule has 0 aromatic carbocycles. The standard InChI is InChI=1S/C16H20N4O/c1-9(2)11-7-20-14(18-3)12-8-19-13(6-10(11)12)16(4-5-16)15(17)21/h6-9H,4-5H2,1-3H3,(H2,17,21)(H,18,20). The lowest BCUT2D eigenvalue weighted by Gasteiger charge is -2.16. The van der Waals surface area contributed by atoms with Crippen LogP contribution >= 0.6 is 0 Å². The zero-order valence-electron chi connectivity index (χ0n) is 12.6. The minimum absolute atomic E-state index is 0.275. The van der Waals surface area contributed by atoms with Gasteiger partial charge in [0.1, 0.15) is 5.82 Å². The lowest BCUT2D eigenvalue weighted by atomic mass is 9.94. The minimum atomic E-state index is -0.550. The second-order valence-electron chi connectivity index (χ2n) is 6.03. The fraction of sp³-hybridized carbons (Fsp3) is 0.438. The summed E-state index contributed by atoms with van der Waals surface area (Å²) in [6.07, 6.45) is 5.29. The monoisotopic (exact) mass is 284 g/mol. The van der Waals surface area contributed by atoms with Crippen LogP contribution in [0.5, 0.6) is 0 Å². The predicted octanol–water partition coefficient (Wildman–Crippen LogP) is 2.31. The molecule has 0 aliphatic heterocycles. The topological polar surface area (TPSA) is 80.9 Å². The molecule has 3 N–H and O–H groups in total. The van der Waals surface area contributed by atoms with Crippen molar-refractivity contribution in [2.75, 3.05) is 12.4 Å². The molecular weight excluding hydrogens is 264 g/mol. The highest BCUT2D eigenvalue weighted by Gasteiger charge is 2.51. The maximum atomic E-state index is 11.7. The summed E-state index contributed by atoms with van der Waals surface area (Å²) in [6, 6.07) is 2.02. The Morgan fingerprint density at radius 2 is 2.00 bits per heavy atom. The zero-order valence-corrected chi connectivity index (χ0v) is 12.6. The summed E-state index contributed by atoms with van der Waals surface area (Å²) < 4.78 is 0. The van der Waals surface area contributed by atoms with Crippen LogP contribution in [0.2, 0.25) is 0 Å². The van der Waals surface area contributed by atoms with Gasteiger partial charge in [-0.3, -0.25) is 9.78 Å². The number of nitrogens with one attached hydrogen (secondary N) is 1. The first-order chi connectivity index (χ1) is 9.99. The zero-order chi connectivity index (χ0) is 15.2. The van der Waals surface area contributed by atoms with Crippen LogP contribution in [0.3, 0.4) is 0 Å². The van der Waals surface area contributed by atoms with E-state index in [-0.39, 0.29) is 5.91 Å². The Morgan fingerprint density at radius 3 is 2.52 bits per heavy atom. The molecule has 0 saturated heterocycles. The SMILES string of the molecule is CNc1ncc(C(C)C)c2cc(C3(C(N)=O)CC3)ncc12. The third kappa shape index (κ3) is 2.04. The molecule has 0 unspecified atom stereocenters. The summed E-state index contributed by atoms with van der Waals surface area (Å²) in [6.45, 7) is 4.27. The van der Waals surface area contributed by atoms with Crippen molar-refractivity contribution in [3.8, 4) is 0 Å². The Bertz CT molecular complexity index is 720. The molecule has 2 aromatic rings. The number of pyridine rings is 2. The largest absolute Gasteiger partial charge is 0.373 e. The summed E-state index contributed by atoms with van der Waals surface area (Å²) in [5, 5.41) is 5.17. The van der Waals surface area contributed by atoms with Gasteiger partial charge in [-0.15, -0.1) is 0 Å². The van der Waals surface area contributed by atoms with Crippen LogP contribution in [0, 0.1) is 0 Å². The molecule has 1 aliphatic rings. The maximum Gasteiger partial charge on any atom is 0.229 e. The van der Waals surface area contributed by atoms with Gasteiger partial charge in [-0.2, -0.15) is 0 Å². The molecule has 1 fully saturated rings. The number of carbonyl (C=O) groups is 1. The molecule has 3 rings (SSSR count). The number of primary amides is 1. The van der Waals surface area contributed by atoms with E-state index in [1.54, 1.807) is 6.20 Å². The third-order valence-corrected chi connectivity index (χ3v) is 4.37. The van der Waals surface area contributed by atoms with E-state index in [4.69, 9.17) is 5.73 Å². The van der Waals surface area contributed by atoms with Crippen molar-refractivity contribution in [3.63, 3.8) is 0 Å². The van der Waals surface area contributed by atoms with Crippen LogP contribution in [0.15, 0.2) is 18.5 Å². The summed E-state index contributed by atoms with van der Waals surface area (Å²) in [4.78, 5) is 20.7. The van der Waals surface area contributed by atoms with Crippen LogP contribution in [0.25, 0.3) is 10.8 Å². The van der Waals surface area contributed by atoms with Crippen LogP contribution in [0.4, 0.5) is 5.82 Å². The molecule has 21 heavy (non-hydrogen) atoms. The fourth-order valence-corrected chi connectivity index (χ4v) is 2.83. The summed E-state index contributed by atoms with van der Waals surface area (Å²) >= 11 is 0. The molecule has 110 valence electrons. The normalized spacial score (nSPS) is 16.2. The van der Waals surface area contributed by atoms with Crippen molar-refractivity contribution < 1.29 is 4.79 Å². The van der Waals surface area contributed by atoms with Gasteiger partial charge in [0.05, 0.1) is 11.1 Å². The van der Waals surface area contributed by atoms with Gasteiger partial charge >= 0.3 is 0 Å². The molecule has 1 amide bonds. The molecule has 5 nitrogen and oxygen atoms in total. The molecular formula is C16H20N4O. The van der Waals surface area contributed by atoms with Gasteiger partial charge in [-0.25, -0.2) is 4.98 Å². The minimum Gasteiger partial charge on any atom is -0.373 e. The molecule has 2 heterocycles. The molecule has 5 heteroatoms. The van der Waals surface area contributed by atoms with Crippen LogP contribution in [0.1, 0.15) is 43.9 Å². The van der Waals surface area contributed by atoms with E-state index < -0.39 is 5.41 Å². The Morgan fingerprint density at radius 1 is 1.29 bits per heavy atom. The van der Waals surface area contributed by atoms with Crippen LogP contribution < -0.4 is 11.1 Å². The number of rotatable bonds is 4. The second kappa shape index (κ2) is 4.69. The third-order valence-electron chi connectivity index (χ3n) is 4.37. The van der Waals surface area contributed by atoms with E-state index in [0.717, 1.165) is 40.7 Å². The van der Waals surface area contributed by atoms with E-state index in [0.29, 0.717) is 5.92 Å². The van der Waals surface area contributed by atoms with Crippen molar-refractivity contribution in [3.05, 3.63) is 29.7 Å². The molecule has 1 aliphatic carbocycles. The number of nitrogens with zero attached hydrogens (tertiary/aromatic N) is 2. The Balaban J connectivity index is 2.25. The number of anilines is 1. The number of fused-ring (bicyclic) bond motifs is 1. The van der Waals surface area contributed by atoms with Gasteiger partial charge in [-0.1, -0.05) is 13.8 Å². The van der Waals surface area contributed by atoms with Gasteiger partial charge < -0.3 is 11.1 Å². The Labute approximate surface area is 124 Å². The van der Waals surface area contributed by atoms with Crippen molar-refractivity contribution in [1.82, 2.24) is 9.97 Å². The smallest absolute Gasteiger partial charge is 0.229 e. The summed E-state index contributed by atoms with van der Waals surface area (Å²) in [5.41, 5.74) is 6.96. The van der Waals surface area contributed by atoms with Crippen molar-refractivity contribution in [2.24, 2.45) is 5.73 Å². The van der Waals surface area contributed by atoms with Gasteiger partial charge in [0.25, 0.3) is 0 Å². The van der Waals surface area contributed by atoms with E-state index in [9.17, 15) is 4.79 Å². The maximum absolute atomic E-state index is 11.7. The number of amides is 1. The van der Waals surface area contributed by atoms with Crippen molar-refractivity contribution in [2.45, 2.75) is 38.0 Å². The van der Waals surface area contributed by atoms with Crippen molar-refractivity contribution in [1.29, 1.82) is 0 Å². The molecule has 1 saturated carbocycles. The average molecular weight is 284 g/mol. The molecule has 0 atom stereocenters. The van der Waals surface area contributed by atoms with Gasteiger partial charge in [0.2, 0.25) is 5.91 Å². The highest BCUT2D eigenvalue weighted by molar-refractivity contribution is 5.96. The number of hydrogen-bond donors (Lipinski definition) is 2. The Hall–Kier alpha value is -2.17. The van der Waals surface area contributed by atoms with E-state index in [2.05, 4.69) is 29.1 Å². The highest BCUT2D eigenvalue weighted by atomic mass is 16.1. The lowest BCUT2D eigenvalue weighted by molar-refractivity contribution is -0.120. The molecule has 2 aromatic heterocycles. The van der Waals surface area contributed by atoms with Gasteiger partial charge in [-0.05, 0) is 35.8 Å². The van der Waals surface area contributed by atoms with Crippen LogP contribution in [-0.4, -0.2) is 22.9 Å². The molecule has 0 spiro atoms. The van der Waals surface area contributed by atoms with Gasteiger partial charge in [0.15, 0.2) is 0 Å². The predicted molar refractivity (Wildman–Crippen MR) is 83.3 cm³/mol. The Kier molecular flexibility index (Phi) is 3.08. The average Bonchev–Trinajstić information content (AvgIpc) is 3.26. The van der Waals surface area contributed by atoms with E-state index in [1.165, 1.54) is 0 Å². The van der Waals surface area contributed by atoms with Crippen molar-refractivity contribution >= 4 is 22.5 Å². The number of hydrogen-bond acceptors (Lipinski definition) is 4. The first-order valence-electron chi connectivity index (χ1n) is 7.26. The number of aromatic nitrogens is 2. The molecule has 0 bridgehead atoms. The summed E-state index contributed by atoms with van der Waals surface area (Å²) in [5.74, 6) is 0.880. The second-order valence-corrected chi connectivity index (χ2v) is 6.03. The van der Waals surface area contributed by atoms with Gasteiger partial charge in [0, 0.05) is 24.8 Å². The van der Waals surface area contributed by atoms with E-state index >= 15 is 0 Å². The fourth-order valence-electron chi connectivity index (χ4n) is 2.83. The first-order valence-corrected chi connectivity index (χ1v) is 7.26. The van der Waals surface area contributed by atoms with E-state index in [1.807, 2.05) is 19.3 Å². The quantitative estimate of drug-likeness (QED) is 0.902. The summed E-state index contributed by atoms with van der Waals surface area (Å²) in [7, 11) is 1.84. The highest BCUT2D eigenvalue weighted by Crippen LogP contribution is 2.48. The number of nitrogens with two attached hydrogens (primary N) is 1.